The van der Waals surface area contributed by atoms with E-state index in [4.69, 9.17) is 0 Å². The number of carbonyl (C=O) groups is 1. The molecular formula is C9H2BrF7O. The van der Waals surface area contributed by atoms with E-state index >= 15 is 0 Å². The first-order valence-electron chi connectivity index (χ1n) is 4.12. The van der Waals surface area contributed by atoms with E-state index in [1.807, 2.05) is 0 Å². The van der Waals surface area contributed by atoms with Gasteiger partial charge in [0.05, 0.1) is 10.0 Å². The van der Waals surface area contributed by atoms with Gasteiger partial charge in [-0.1, -0.05) is 0 Å². The number of alkyl halides is 5. The van der Waals surface area contributed by atoms with Crippen molar-refractivity contribution in [1.82, 2.24) is 0 Å². The topological polar surface area (TPSA) is 17.1 Å². The molecule has 0 aliphatic carbocycles. The van der Waals surface area contributed by atoms with Gasteiger partial charge in [-0.2, -0.15) is 22.0 Å². The molecule has 0 fully saturated rings. The van der Waals surface area contributed by atoms with Crippen molar-refractivity contribution in [1.29, 1.82) is 0 Å². The van der Waals surface area contributed by atoms with Gasteiger partial charge in [-0.15, -0.1) is 0 Å². The van der Waals surface area contributed by atoms with E-state index in [0.29, 0.717) is 0 Å². The smallest absolute Gasteiger partial charge is 0.287 e. The lowest BCUT2D eigenvalue weighted by molar-refractivity contribution is -0.255. The summed E-state index contributed by atoms with van der Waals surface area (Å²) in [6, 6.07) is 0.260. The van der Waals surface area contributed by atoms with Gasteiger partial charge in [-0.05, 0) is 28.1 Å². The molecule has 9 heteroatoms. The number of hydrogen-bond donors (Lipinski definition) is 0. The average molecular weight is 339 g/mol. The highest BCUT2D eigenvalue weighted by molar-refractivity contribution is 9.10. The van der Waals surface area contributed by atoms with E-state index in [0.717, 1.165) is 0 Å². The quantitative estimate of drug-likeness (QED) is 0.450. The fraction of sp³-hybridized carbons (Fsp3) is 0.222. The van der Waals surface area contributed by atoms with Gasteiger partial charge in [0.1, 0.15) is 11.6 Å². The van der Waals surface area contributed by atoms with E-state index < -0.39 is 39.6 Å². The van der Waals surface area contributed by atoms with Crippen LogP contribution >= 0.6 is 15.9 Å². The summed E-state index contributed by atoms with van der Waals surface area (Å²) in [6.45, 7) is 0. The van der Waals surface area contributed by atoms with E-state index in [1.165, 1.54) is 0 Å². The van der Waals surface area contributed by atoms with Crippen LogP contribution in [0.4, 0.5) is 30.7 Å². The Hall–Kier alpha value is -1.12. The maximum absolute atomic E-state index is 13.1. The number of rotatable bonds is 2. The summed E-state index contributed by atoms with van der Waals surface area (Å²) in [4.78, 5) is 10.9. The first-order valence-corrected chi connectivity index (χ1v) is 4.91. The van der Waals surface area contributed by atoms with Gasteiger partial charge in [0, 0.05) is 0 Å². The fourth-order valence-electron chi connectivity index (χ4n) is 0.994. The Balaban J connectivity index is 3.32. The van der Waals surface area contributed by atoms with Crippen LogP contribution in [0.1, 0.15) is 10.4 Å². The normalized spacial score (nSPS) is 12.7. The molecule has 0 radical (unpaired) electrons. The van der Waals surface area contributed by atoms with Crippen molar-refractivity contribution in [2.45, 2.75) is 12.1 Å². The molecule has 0 N–H and O–H groups in total. The minimum absolute atomic E-state index is 0.0264. The third kappa shape index (κ3) is 2.50. The second-order valence-corrected chi connectivity index (χ2v) is 4.00. The average Bonchev–Trinajstić information content (AvgIpc) is 2.20. The maximum Gasteiger partial charge on any atom is 0.461 e. The van der Waals surface area contributed by atoms with E-state index in [2.05, 4.69) is 15.9 Å². The van der Waals surface area contributed by atoms with Crippen molar-refractivity contribution >= 4 is 21.7 Å². The molecule has 0 atom stereocenters. The lowest BCUT2D eigenvalue weighted by Gasteiger charge is -2.18. The Kier molecular flexibility index (Phi) is 3.75. The molecule has 1 rings (SSSR count). The summed E-state index contributed by atoms with van der Waals surface area (Å²) in [6.07, 6.45) is -6.18. The maximum atomic E-state index is 13.1. The van der Waals surface area contributed by atoms with E-state index in [1.54, 1.807) is 0 Å². The van der Waals surface area contributed by atoms with Crippen LogP contribution in [-0.2, 0) is 0 Å². The van der Waals surface area contributed by atoms with Crippen LogP contribution in [0.15, 0.2) is 16.6 Å². The molecule has 0 aromatic heterocycles. The van der Waals surface area contributed by atoms with Crippen LogP contribution < -0.4 is 0 Å². The first-order chi connectivity index (χ1) is 7.98. The third-order valence-electron chi connectivity index (χ3n) is 1.90. The summed E-state index contributed by atoms with van der Waals surface area (Å²) in [5.74, 6) is -11.7. The van der Waals surface area contributed by atoms with Gasteiger partial charge < -0.3 is 0 Å². The van der Waals surface area contributed by atoms with Crippen LogP contribution in [0.3, 0.4) is 0 Å². The van der Waals surface area contributed by atoms with Gasteiger partial charge >= 0.3 is 12.1 Å². The molecule has 0 saturated carbocycles. The third-order valence-corrected chi connectivity index (χ3v) is 2.50. The molecule has 0 amide bonds. The highest BCUT2D eigenvalue weighted by Gasteiger charge is 2.63. The largest absolute Gasteiger partial charge is 0.461 e. The number of benzene rings is 1. The van der Waals surface area contributed by atoms with Crippen molar-refractivity contribution in [2.24, 2.45) is 0 Å². The molecule has 0 aliphatic rings. The number of Topliss-reactive ketones (excluding diaryl/α,β-unsaturated/α-hetero) is 1. The van der Waals surface area contributed by atoms with Gasteiger partial charge in [-0.3, -0.25) is 4.79 Å². The number of halogens is 8. The van der Waals surface area contributed by atoms with E-state index in [-0.39, 0.29) is 12.1 Å². The SMILES string of the molecule is O=C(c1cc(F)c(Br)cc1F)C(F)(F)C(F)(F)F. The van der Waals surface area contributed by atoms with Crippen LogP contribution in [0.2, 0.25) is 0 Å². The summed E-state index contributed by atoms with van der Waals surface area (Å²) < 4.78 is 86.4. The Morgan fingerprint density at radius 2 is 1.50 bits per heavy atom. The van der Waals surface area contributed by atoms with Gasteiger partial charge in [0.15, 0.2) is 0 Å². The highest BCUT2D eigenvalue weighted by Crippen LogP contribution is 2.38. The van der Waals surface area contributed by atoms with Crippen LogP contribution in [0.5, 0.6) is 0 Å². The van der Waals surface area contributed by atoms with E-state index in [9.17, 15) is 35.5 Å². The first kappa shape index (κ1) is 14.9. The molecule has 18 heavy (non-hydrogen) atoms. The summed E-state index contributed by atoms with van der Waals surface area (Å²) in [5.41, 5.74) is -1.67. The Morgan fingerprint density at radius 1 is 1.00 bits per heavy atom. The Labute approximate surface area is 104 Å². The molecule has 0 heterocycles. The molecule has 0 aliphatic heterocycles. The van der Waals surface area contributed by atoms with Crippen molar-refractivity contribution in [2.75, 3.05) is 0 Å². The van der Waals surface area contributed by atoms with Crippen molar-refractivity contribution in [3.63, 3.8) is 0 Å². The van der Waals surface area contributed by atoms with Gasteiger partial charge in [0.25, 0.3) is 0 Å². The molecule has 1 nitrogen and oxygen atoms in total. The lowest BCUT2D eigenvalue weighted by Crippen LogP contribution is -2.44. The molecule has 1 aromatic carbocycles. The molecular weight excluding hydrogens is 337 g/mol. The second-order valence-electron chi connectivity index (χ2n) is 3.15. The van der Waals surface area contributed by atoms with Crippen molar-refractivity contribution in [3.8, 4) is 0 Å². The lowest BCUT2D eigenvalue weighted by atomic mass is 10.0. The zero-order valence-electron chi connectivity index (χ0n) is 8.09. The minimum Gasteiger partial charge on any atom is -0.287 e. The fourth-order valence-corrected chi connectivity index (χ4v) is 1.31. The molecule has 100 valence electrons. The monoisotopic (exact) mass is 338 g/mol. The molecule has 0 unspecified atom stereocenters. The number of carbonyl (C=O) groups excluding carboxylic acids is 1. The van der Waals surface area contributed by atoms with Crippen LogP contribution in [-0.4, -0.2) is 17.9 Å². The second kappa shape index (κ2) is 4.52. The Bertz CT molecular complexity index is 494. The number of hydrogen-bond acceptors (Lipinski definition) is 1. The number of ketones is 1. The molecule has 0 spiro atoms. The van der Waals surface area contributed by atoms with Gasteiger partial charge in [-0.25, -0.2) is 8.78 Å². The Morgan fingerprint density at radius 3 is 1.94 bits per heavy atom. The predicted octanol–water partition coefficient (Wildman–Crippen LogP) is 4.11. The molecule has 1 aromatic rings. The molecule has 0 saturated heterocycles. The summed E-state index contributed by atoms with van der Waals surface area (Å²) in [5, 5.41) is 0. The van der Waals surface area contributed by atoms with Crippen molar-refractivity contribution in [3.05, 3.63) is 33.8 Å². The zero-order valence-corrected chi connectivity index (χ0v) is 9.67. The molecule has 0 bridgehead atoms. The highest BCUT2D eigenvalue weighted by atomic mass is 79.9. The van der Waals surface area contributed by atoms with Crippen LogP contribution in [0, 0.1) is 11.6 Å². The summed E-state index contributed by atoms with van der Waals surface area (Å²) >= 11 is 2.48. The van der Waals surface area contributed by atoms with Gasteiger partial charge in [0.2, 0.25) is 5.78 Å². The summed E-state index contributed by atoms with van der Waals surface area (Å²) in [7, 11) is 0. The predicted molar refractivity (Wildman–Crippen MR) is 49.4 cm³/mol. The van der Waals surface area contributed by atoms with Crippen molar-refractivity contribution < 1.29 is 35.5 Å². The zero-order chi connectivity index (χ0) is 14.3. The van der Waals surface area contributed by atoms with Crippen LogP contribution in [0.25, 0.3) is 0 Å². The standard InChI is InChI=1S/C9H2BrF7O/c10-4-2-5(11)3(1-6(4)12)7(18)8(13,14)9(15,16)17/h1-2H. The minimum atomic E-state index is -6.18.